The second-order valence-electron chi connectivity index (χ2n) is 6.37. The molecule has 0 fully saturated rings. The van der Waals surface area contributed by atoms with Gasteiger partial charge in [-0.15, -0.1) is 0 Å². The van der Waals surface area contributed by atoms with Crippen molar-refractivity contribution in [1.82, 2.24) is 15.0 Å². The van der Waals surface area contributed by atoms with Gasteiger partial charge < -0.3 is 10.1 Å². The number of benzene rings is 1. The van der Waals surface area contributed by atoms with Crippen molar-refractivity contribution in [2.45, 2.75) is 18.7 Å². The number of hydrogen-bond donors (Lipinski definition) is 1. The van der Waals surface area contributed by atoms with Gasteiger partial charge in [0.15, 0.2) is 15.7 Å². The Hall–Kier alpha value is -3.00. The molecule has 2 aromatic heterocycles. The summed E-state index contributed by atoms with van der Waals surface area (Å²) < 4.78 is 28.6. The third-order valence-electron chi connectivity index (χ3n) is 4.22. The molecule has 2 heterocycles. The molecule has 0 amide bonds. The van der Waals surface area contributed by atoms with Gasteiger partial charge in [-0.2, -0.15) is 0 Å². The summed E-state index contributed by atoms with van der Waals surface area (Å²) in [6.07, 6.45) is 4.62. The molecule has 0 bridgehead atoms. The van der Waals surface area contributed by atoms with Crippen molar-refractivity contribution in [3.63, 3.8) is 0 Å². The number of aryl methyl sites for hydroxylation is 1. The first-order valence-corrected chi connectivity index (χ1v) is 10.7. The van der Waals surface area contributed by atoms with Crippen LogP contribution < -0.4 is 10.1 Å². The largest absolute Gasteiger partial charge is 0.492 e. The fourth-order valence-electron chi connectivity index (χ4n) is 2.55. The highest BCUT2D eigenvalue weighted by molar-refractivity contribution is 7.90. The lowest BCUT2D eigenvalue weighted by atomic mass is 10.2. The molecule has 7 nitrogen and oxygen atoms in total. The van der Waals surface area contributed by atoms with Crippen LogP contribution >= 0.6 is 0 Å². The van der Waals surface area contributed by atoms with Gasteiger partial charge in [0.1, 0.15) is 18.2 Å². The Morgan fingerprint density at radius 3 is 2.46 bits per heavy atom. The quantitative estimate of drug-likeness (QED) is 0.611. The van der Waals surface area contributed by atoms with E-state index in [0.29, 0.717) is 24.7 Å². The van der Waals surface area contributed by atoms with Gasteiger partial charge >= 0.3 is 0 Å². The molecule has 0 radical (unpaired) electrons. The normalized spacial score (nSPS) is 11.2. The zero-order valence-corrected chi connectivity index (χ0v) is 16.8. The van der Waals surface area contributed by atoms with Crippen LogP contribution in [0.1, 0.15) is 11.3 Å². The predicted molar refractivity (Wildman–Crippen MR) is 108 cm³/mol. The Morgan fingerprint density at radius 1 is 1.07 bits per heavy atom. The molecule has 0 atom stereocenters. The molecule has 3 rings (SSSR count). The zero-order chi connectivity index (χ0) is 20.1. The number of aromatic nitrogens is 3. The Labute approximate surface area is 164 Å². The zero-order valence-electron chi connectivity index (χ0n) is 16.0. The first kappa shape index (κ1) is 19.8. The summed E-state index contributed by atoms with van der Waals surface area (Å²) >= 11 is 0. The summed E-state index contributed by atoms with van der Waals surface area (Å²) in [6, 6.07) is 10.1. The van der Waals surface area contributed by atoms with Crippen LogP contribution in [-0.4, -0.2) is 42.8 Å². The fourth-order valence-corrected chi connectivity index (χ4v) is 3.18. The van der Waals surface area contributed by atoms with E-state index in [0.717, 1.165) is 22.6 Å². The molecule has 1 N–H and O–H groups in total. The molecule has 0 spiro atoms. The first-order chi connectivity index (χ1) is 13.3. The predicted octanol–water partition coefficient (Wildman–Crippen LogP) is 3.05. The highest BCUT2D eigenvalue weighted by Crippen LogP contribution is 2.21. The van der Waals surface area contributed by atoms with Crippen molar-refractivity contribution >= 4 is 15.7 Å². The van der Waals surface area contributed by atoms with Crippen LogP contribution in [0.25, 0.3) is 11.4 Å². The average Bonchev–Trinajstić information content (AvgIpc) is 2.68. The van der Waals surface area contributed by atoms with Crippen LogP contribution in [-0.2, 0) is 9.84 Å². The van der Waals surface area contributed by atoms with Gasteiger partial charge in [-0.1, -0.05) is 0 Å². The molecule has 0 unspecified atom stereocenters. The molecule has 0 saturated carbocycles. The van der Waals surface area contributed by atoms with Gasteiger partial charge in [-0.25, -0.2) is 18.4 Å². The van der Waals surface area contributed by atoms with Crippen LogP contribution in [0.5, 0.6) is 5.75 Å². The van der Waals surface area contributed by atoms with Crippen LogP contribution in [0.3, 0.4) is 0 Å². The smallest absolute Gasteiger partial charge is 0.175 e. The number of nitrogens with one attached hydrogen (secondary N) is 1. The summed E-state index contributed by atoms with van der Waals surface area (Å²) in [4.78, 5) is 13.5. The summed E-state index contributed by atoms with van der Waals surface area (Å²) in [5, 5.41) is 3.28. The lowest BCUT2D eigenvalue weighted by molar-refractivity contribution is 0.332. The van der Waals surface area contributed by atoms with Crippen molar-refractivity contribution in [3.8, 4) is 17.1 Å². The van der Waals surface area contributed by atoms with Gasteiger partial charge in [-0.05, 0) is 50.2 Å². The number of anilines is 1. The SMILES string of the molecule is Cc1nc(-c2cccnc2)nc(NCCOc2ccc(S(C)(=O)=O)cc2)c1C. The number of hydrogen-bond acceptors (Lipinski definition) is 7. The van der Waals surface area contributed by atoms with E-state index in [-0.39, 0.29) is 4.90 Å². The van der Waals surface area contributed by atoms with Gasteiger partial charge in [0.05, 0.1) is 11.4 Å². The van der Waals surface area contributed by atoms with Crippen LogP contribution in [0.4, 0.5) is 5.82 Å². The number of rotatable bonds is 7. The molecule has 0 aliphatic carbocycles. The molecule has 28 heavy (non-hydrogen) atoms. The molecular formula is C20H22N4O3S. The summed E-state index contributed by atoms with van der Waals surface area (Å²) in [5.74, 6) is 1.99. The second kappa shape index (κ2) is 8.35. The first-order valence-electron chi connectivity index (χ1n) is 8.77. The molecular weight excluding hydrogens is 376 g/mol. The molecule has 0 aliphatic rings. The van der Waals surface area contributed by atoms with Gasteiger partial charge in [-0.3, -0.25) is 4.98 Å². The van der Waals surface area contributed by atoms with Crippen LogP contribution in [0, 0.1) is 13.8 Å². The molecule has 0 aliphatic heterocycles. The highest BCUT2D eigenvalue weighted by Gasteiger charge is 2.10. The third kappa shape index (κ3) is 4.83. The number of nitrogens with zero attached hydrogens (tertiary/aromatic N) is 3. The minimum Gasteiger partial charge on any atom is -0.492 e. The van der Waals surface area contributed by atoms with E-state index < -0.39 is 9.84 Å². The Morgan fingerprint density at radius 2 is 1.82 bits per heavy atom. The van der Waals surface area contributed by atoms with Gasteiger partial charge in [0.25, 0.3) is 0 Å². The van der Waals surface area contributed by atoms with Crippen molar-refractivity contribution in [3.05, 3.63) is 60.0 Å². The van der Waals surface area contributed by atoms with E-state index in [2.05, 4.69) is 20.3 Å². The highest BCUT2D eigenvalue weighted by atomic mass is 32.2. The topological polar surface area (TPSA) is 94.1 Å². The Balaban J connectivity index is 1.62. The van der Waals surface area contributed by atoms with Crippen molar-refractivity contribution in [2.75, 3.05) is 24.7 Å². The Kier molecular flexibility index (Phi) is 5.89. The standard InChI is InChI=1S/C20H22N4O3S/c1-14-15(2)23-20(16-5-4-10-21-13-16)24-19(14)22-11-12-27-17-6-8-18(9-7-17)28(3,25)26/h4-10,13H,11-12H2,1-3H3,(H,22,23,24). The van der Waals surface area contributed by atoms with E-state index in [1.807, 2.05) is 26.0 Å². The average molecular weight is 398 g/mol. The number of pyridine rings is 1. The fraction of sp³-hybridized carbons (Fsp3) is 0.250. The van der Waals surface area contributed by atoms with Gasteiger partial charge in [0, 0.05) is 35.5 Å². The molecule has 0 saturated heterocycles. The molecule has 8 heteroatoms. The van der Waals surface area contributed by atoms with E-state index in [9.17, 15) is 8.42 Å². The van der Waals surface area contributed by atoms with Gasteiger partial charge in [0.2, 0.25) is 0 Å². The van der Waals surface area contributed by atoms with E-state index in [4.69, 9.17) is 4.74 Å². The van der Waals surface area contributed by atoms with E-state index in [1.165, 1.54) is 18.4 Å². The summed E-state index contributed by atoms with van der Waals surface area (Å²) in [6.45, 7) is 4.86. The second-order valence-corrected chi connectivity index (χ2v) is 8.38. The lowest BCUT2D eigenvalue weighted by Gasteiger charge is -2.13. The van der Waals surface area contributed by atoms with E-state index in [1.54, 1.807) is 24.5 Å². The molecule has 146 valence electrons. The molecule has 1 aromatic carbocycles. The maximum absolute atomic E-state index is 11.5. The van der Waals surface area contributed by atoms with Crippen LogP contribution in [0.15, 0.2) is 53.7 Å². The maximum Gasteiger partial charge on any atom is 0.175 e. The number of ether oxygens (including phenoxy) is 1. The minimum absolute atomic E-state index is 0.271. The summed E-state index contributed by atoms with van der Waals surface area (Å²) in [7, 11) is -3.20. The van der Waals surface area contributed by atoms with Crippen molar-refractivity contribution in [2.24, 2.45) is 0 Å². The number of sulfone groups is 1. The van der Waals surface area contributed by atoms with Crippen molar-refractivity contribution in [1.29, 1.82) is 0 Å². The lowest BCUT2D eigenvalue weighted by Crippen LogP contribution is -2.14. The van der Waals surface area contributed by atoms with Crippen molar-refractivity contribution < 1.29 is 13.2 Å². The maximum atomic E-state index is 11.5. The third-order valence-corrected chi connectivity index (χ3v) is 5.35. The monoisotopic (exact) mass is 398 g/mol. The minimum atomic E-state index is -3.20. The van der Waals surface area contributed by atoms with E-state index >= 15 is 0 Å². The van der Waals surface area contributed by atoms with Crippen LogP contribution in [0.2, 0.25) is 0 Å². The molecule has 3 aromatic rings. The summed E-state index contributed by atoms with van der Waals surface area (Å²) in [5.41, 5.74) is 2.73. The Bertz CT molecular complexity index is 1050.